The molecule has 132 valence electrons. The molecule has 4 heteroatoms. The van der Waals surface area contributed by atoms with Gasteiger partial charge < -0.3 is 5.32 Å². The molecular weight excluding hydrogens is 332 g/mol. The van der Waals surface area contributed by atoms with Crippen molar-refractivity contribution in [2.24, 2.45) is 0 Å². The summed E-state index contributed by atoms with van der Waals surface area (Å²) < 4.78 is 0. The lowest BCUT2D eigenvalue weighted by Gasteiger charge is -2.18. The predicted molar refractivity (Wildman–Crippen MR) is 108 cm³/mol. The van der Waals surface area contributed by atoms with Gasteiger partial charge in [-0.15, -0.1) is 0 Å². The van der Waals surface area contributed by atoms with Crippen LogP contribution in [0.25, 0.3) is 0 Å². The van der Waals surface area contributed by atoms with E-state index in [1.54, 1.807) is 6.20 Å². The van der Waals surface area contributed by atoms with Crippen LogP contribution < -0.4 is 5.32 Å². The van der Waals surface area contributed by atoms with Crippen LogP contribution >= 0.6 is 0 Å². The summed E-state index contributed by atoms with van der Waals surface area (Å²) in [5.74, 6) is 0.209. The molecule has 3 heterocycles. The lowest BCUT2D eigenvalue weighted by molar-refractivity contribution is 0.794. The van der Waals surface area contributed by atoms with E-state index >= 15 is 0 Å². The number of benzene rings is 1. The van der Waals surface area contributed by atoms with Gasteiger partial charge in [0, 0.05) is 42.6 Å². The normalized spacial score (nSPS) is 10.7. The SMILES string of the molecule is c1cncc(Nc2cccc(CC(c3cccnc3)c3cccnc3)c2)c1. The summed E-state index contributed by atoms with van der Waals surface area (Å²) in [4.78, 5) is 12.8. The van der Waals surface area contributed by atoms with E-state index in [4.69, 9.17) is 0 Å². The van der Waals surface area contributed by atoms with Gasteiger partial charge in [-0.25, -0.2) is 0 Å². The fourth-order valence-electron chi connectivity index (χ4n) is 3.21. The quantitative estimate of drug-likeness (QED) is 0.531. The van der Waals surface area contributed by atoms with Crippen molar-refractivity contribution in [3.05, 3.63) is 115 Å². The molecule has 0 unspecified atom stereocenters. The summed E-state index contributed by atoms with van der Waals surface area (Å²) in [6.45, 7) is 0. The maximum Gasteiger partial charge on any atom is 0.0570 e. The average Bonchev–Trinajstić information content (AvgIpc) is 2.74. The van der Waals surface area contributed by atoms with E-state index in [0.717, 1.165) is 17.8 Å². The highest BCUT2D eigenvalue weighted by Gasteiger charge is 2.15. The Balaban J connectivity index is 1.61. The first-order valence-corrected chi connectivity index (χ1v) is 8.94. The van der Waals surface area contributed by atoms with E-state index in [1.807, 2.05) is 55.2 Å². The van der Waals surface area contributed by atoms with Crippen molar-refractivity contribution in [1.82, 2.24) is 15.0 Å². The Hall–Kier alpha value is -3.53. The molecule has 3 aromatic heterocycles. The van der Waals surface area contributed by atoms with E-state index in [1.165, 1.54) is 16.7 Å². The van der Waals surface area contributed by atoms with E-state index in [2.05, 4.69) is 56.7 Å². The molecule has 0 bridgehead atoms. The van der Waals surface area contributed by atoms with Gasteiger partial charge in [-0.05, 0) is 59.5 Å². The number of anilines is 2. The van der Waals surface area contributed by atoms with Gasteiger partial charge in [0.15, 0.2) is 0 Å². The number of hydrogen-bond acceptors (Lipinski definition) is 4. The van der Waals surface area contributed by atoms with Crippen molar-refractivity contribution < 1.29 is 0 Å². The molecule has 4 rings (SSSR count). The van der Waals surface area contributed by atoms with Gasteiger partial charge in [0.05, 0.1) is 11.9 Å². The molecule has 27 heavy (non-hydrogen) atoms. The van der Waals surface area contributed by atoms with Crippen LogP contribution in [0, 0.1) is 0 Å². The zero-order valence-electron chi connectivity index (χ0n) is 14.9. The topological polar surface area (TPSA) is 50.7 Å². The average molecular weight is 352 g/mol. The van der Waals surface area contributed by atoms with Crippen LogP contribution in [-0.4, -0.2) is 15.0 Å². The van der Waals surface area contributed by atoms with Crippen LogP contribution in [0.5, 0.6) is 0 Å². The zero-order valence-corrected chi connectivity index (χ0v) is 14.9. The highest BCUT2D eigenvalue weighted by Crippen LogP contribution is 2.28. The van der Waals surface area contributed by atoms with E-state index in [9.17, 15) is 0 Å². The second-order valence-corrected chi connectivity index (χ2v) is 6.40. The fraction of sp³-hybridized carbons (Fsp3) is 0.0870. The minimum Gasteiger partial charge on any atom is -0.354 e. The van der Waals surface area contributed by atoms with Gasteiger partial charge in [-0.1, -0.05) is 24.3 Å². The molecule has 0 saturated carbocycles. The molecule has 0 fully saturated rings. The van der Waals surface area contributed by atoms with Crippen molar-refractivity contribution in [2.45, 2.75) is 12.3 Å². The van der Waals surface area contributed by atoms with Crippen LogP contribution in [0.15, 0.2) is 97.8 Å². The van der Waals surface area contributed by atoms with Gasteiger partial charge in [0.2, 0.25) is 0 Å². The van der Waals surface area contributed by atoms with Crippen molar-refractivity contribution in [1.29, 1.82) is 0 Å². The molecule has 0 aliphatic rings. The molecule has 0 spiro atoms. The number of pyridine rings is 3. The third kappa shape index (κ3) is 4.36. The van der Waals surface area contributed by atoms with Crippen LogP contribution in [-0.2, 0) is 6.42 Å². The molecule has 0 radical (unpaired) electrons. The smallest absolute Gasteiger partial charge is 0.0570 e. The lowest BCUT2D eigenvalue weighted by Crippen LogP contribution is -2.06. The van der Waals surface area contributed by atoms with E-state index in [-0.39, 0.29) is 5.92 Å². The molecule has 0 saturated heterocycles. The molecule has 1 N–H and O–H groups in total. The Bertz CT molecular complexity index is 933. The van der Waals surface area contributed by atoms with Gasteiger partial charge in [0.1, 0.15) is 0 Å². The molecule has 0 aliphatic carbocycles. The van der Waals surface area contributed by atoms with Gasteiger partial charge in [-0.3, -0.25) is 15.0 Å². The summed E-state index contributed by atoms with van der Waals surface area (Å²) in [6.07, 6.45) is 12.0. The Morgan fingerprint density at radius 3 is 1.89 bits per heavy atom. The maximum absolute atomic E-state index is 4.31. The van der Waals surface area contributed by atoms with E-state index < -0.39 is 0 Å². The van der Waals surface area contributed by atoms with E-state index in [0.29, 0.717) is 0 Å². The minimum absolute atomic E-state index is 0.209. The van der Waals surface area contributed by atoms with Gasteiger partial charge >= 0.3 is 0 Å². The number of nitrogens with zero attached hydrogens (tertiary/aromatic N) is 3. The third-order valence-electron chi connectivity index (χ3n) is 4.49. The molecule has 4 nitrogen and oxygen atoms in total. The lowest BCUT2D eigenvalue weighted by atomic mass is 9.87. The fourth-order valence-corrected chi connectivity index (χ4v) is 3.21. The standard InChI is InChI=1S/C23H20N4/c1-5-18(13-21(8-1)27-22-9-4-12-26-17-22)14-23(19-6-2-10-24-15-19)20-7-3-11-25-16-20/h1-13,15-17,23,27H,14H2. The summed E-state index contributed by atoms with van der Waals surface area (Å²) >= 11 is 0. The summed E-state index contributed by atoms with van der Waals surface area (Å²) in [5, 5.41) is 3.41. The Labute approximate surface area is 159 Å². The molecule has 0 atom stereocenters. The van der Waals surface area contributed by atoms with Crippen molar-refractivity contribution in [3.63, 3.8) is 0 Å². The third-order valence-corrected chi connectivity index (χ3v) is 4.49. The second kappa shape index (κ2) is 8.23. The molecule has 4 aromatic rings. The summed E-state index contributed by atoms with van der Waals surface area (Å²) in [7, 11) is 0. The first-order chi connectivity index (χ1) is 13.4. The molecular formula is C23H20N4. The summed E-state index contributed by atoms with van der Waals surface area (Å²) in [6, 6.07) is 20.7. The van der Waals surface area contributed by atoms with Crippen LogP contribution in [0.1, 0.15) is 22.6 Å². The first kappa shape index (κ1) is 16.9. The highest BCUT2D eigenvalue weighted by atomic mass is 14.9. The molecule has 0 amide bonds. The largest absolute Gasteiger partial charge is 0.354 e. The Kier molecular flexibility index (Phi) is 5.16. The molecule has 1 aromatic carbocycles. The Morgan fingerprint density at radius 1 is 0.667 bits per heavy atom. The summed E-state index contributed by atoms with van der Waals surface area (Å²) in [5.41, 5.74) is 5.66. The van der Waals surface area contributed by atoms with Crippen LogP contribution in [0.4, 0.5) is 11.4 Å². The number of hydrogen-bond donors (Lipinski definition) is 1. The Morgan fingerprint density at radius 2 is 1.30 bits per heavy atom. The predicted octanol–water partition coefficient (Wildman–Crippen LogP) is 4.99. The van der Waals surface area contributed by atoms with Gasteiger partial charge in [-0.2, -0.15) is 0 Å². The van der Waals surface area contributed by atoms with Crippen molar-refractivity contribution in [3.8, 4) is 0 Å². The maximum atomic E-state index is 4.31. The van der Waals surface area contributed by atoms with Crippen LogP contribution in [0.3, 0.4) is 0 Å². The monoisotopic (exact) mass is 352 g/mol. The number of nitrogens with one attached hydrogen (secondary N) is 1. The number of rotatable bonds is 6. The highest BCUT2D eigenvalue weighted by molar-refractivity contribution is 5.59. The first-order valence-electron chi connectivity index (χ1n) is 8.94. The second-order valence-electron chi connectivity index (χ2n) is 6.40. The molecule has 0 aliphatic heterocycles. The zero-order chi connectivity index (χ0) is 18.3. The minimum atomic E-state index is 0.209. The van der Waals surface area contributed by atoms with Gasteiger partial charge in [0.25, 0.3) is 0 Å². The van der Waals surface area contributed by atoms with Crippen molar-refractivity contribution >= 4 is 11.4 Å². The number of aromatic nitrogens is 3. The van der Waals surface area contributed by atoms with Crippen molar-refractivity contribution in [2.75, 3.05) is 5.32 Å². The van der Waals surface area contributed by atoms with Crippen LogP contribution in [0.2, 0.25) is 0 Å².